The van der Waals surface area contributed by atoms with Crippen LogP contribution in [0.2, 0.25) is 5.02 Å². The highest BCUT2D eigenvalue weighted by Gasteiger charge is 2.00. The molecule has 4 heteroatoms. The van der Waals surface area contributed by atoms with Gasteiger partial charge in [-0.2, -0.15) is 0 Å². The summed E-state index contributed by atoms with van der Waals surface area (Å²) in [5.41, 5.74) is 0. The quantitative estimate of drug-likeness (QED) is 0.719. The second kappa shape index (κ2) is 3.97. The van der Waals surface area contributed by atoms with Gasteiger partial charge >= 0.3 is 5.97 Å². The van der Waals surface area contributed by atoms with Crippen LogP contribution in [-0.4, -0.2) is 12.6 Å². The predicted octanol–water partition coefficient (Wildman–Crippen LogP) is 1.68. The van der Waals surface area contributed by atoms with Crippen molar-refractivity contribution in [2.45, 2.75) is 0 Å². The average Bonchev–Trinajstić information content (AvgIpc) is 2.03. The number of carbonyl (C=O) groups is 1. The van der Waals surface area contributed by atoms with Gasteiger partial charge in [-0.25, -0.2) is 9.90 Å². The number of halogens is 1. The molecule has 1 radical (unpaired) electrons. The van der Waals surface area contributed by atoms with Crippen molar-refractivity contribution in [2.75, 3.05) is 6.61 Å². The maximum absolute atomic E-state index is 9.98. The molecule has 0 bridgehead atoms. The highest BCUT2D eigenvalue weighted by Crippen LogP contribution is 2.15. The molecule has 1 aromatic rings. The lowest BCUT2D eigenvalue weighted by Gasteiger charge is -2.00. The van der Waals surface area contributed by atoms with Crippen LogP contribution in [-0.2, 0) is 9.90 Å². The van der Waals surface area contributed by atoms with E-state index in [0.29, 0.717) is 10.8 Å². The number of rotatable bonds is 3. The van der Waals surface area contributed by atoms with Gasteiger partial charge in [0.05, 0.1) is 0 Å². The summed E-state index contributed by atoms with van der Waals surface area (Å²) in [7, 11) is 0. The first-order valence-corrected chi connectivity index (χ1v) is 3.64. The highest BCUT2D eigenvalue weighted by atomic mass is 35.5. The highest BCUT2D eigenvalue weighted by molar-refractivity contribution is 6.30. The first-order chi connectivity index (χ1) is 5.68. The summed E-state index contributed by atoms with van der Waals surface area (Å²) in [6, 6.07) is 6.41. The van der Waals surface area contributed by atoms with Gasteiger partial charge < -0.3 is 4.74 Å². The van der Waals surface area contributed by atoms with Gasteiger partial charge in [-0.15, -0.1) is 0 Å². The van der Waals surface area contributed by atoms with Crippen LogP contribution < -0.4 is 4.74 Å². The van der Waals surface area contributed by atoms with E-state index < -0.39 is 12.6 Å². The fraction of sp³-hybridized carbons (Fsp3) is 0.125. The average molecular weight is 186 g/mol. The van der Waals surface area contributed by atoms with Crippen LogP contribution in [0.3, 0.4) is 0 Å². The SMILES string of the molecule is [O]C(=O)COc1ccc(Cl)cc1. The number of ether oxygens (including phenoxy) is 1. The number of hydrogen-bond acceptors (Lipinski definition) is 2. The molecule has 3 nitrogen and oxygen atoms in total. The zero-order valence-corrected chi connectivity index (χ0v) is 6.88. The predicted molar refractivity (Wildman–Crippen MR) is 42.6 cm³/mol. The Bertz CT molecular complexity index is 268. The normalized spacial score (nSPS) is 9.42. The molecule has 0 spiro atoms. The fourth-order valence-corrected chi connectivity index (χ4v) is 0.799. The molecule has 63 valence electrons. The van der Waals surface area contributed by atoms with Crippen molar-refractivity contribution in [1.29, 1.82) is 0 Å². The summed E-state index contributed by atoms with van der Waals surface area (Å²) in [5.74, 6) is -0.784. The summed E-state index contributed by atoms with van der Waals surface area (Å²) in [4.78, 5) is 9.98. The monoisotopic (exact) mass is 185 g/mol. The van der Waals surface area contributed by atoms with Crippen molar-refractivity contribution in [3.05, 3.63) is 29.3 Å². The molecule has 0 atom stereocenters. The van der Waals surface area contributed by atoms with Crippen LogP contribution >= 0.6 is 11.6 Å². The second-order valence-corrected chi connectivity index (χ2v) is 2.55. The number of carbonyl (C=O) groups excluding carboxylic acids is 1. The van der Waals surface area contributed by atoms with Crippen molar-refractivity contribution < 1.29 is 14.6 Å². The summed E-state index contributed by atoms with van der Waals surface area (Å²) in [6.45, 7) is -0.443. The van der Waals surface area contributed by atoms with Crippen molar-refractivity contribution in [1.82, 2.24) is 0 Å². The molecule has 0 amide bonds. The number of benzene rings is 1. The summed E-state index contributed by atoms with van der Waals surface area (Å²) in [6.07, 6.45) is 0. The molecular weight excluding hydrogens is 180 g/mol. The van der Waals surface area contributed by atoms with Gasteiger partial charge in [0, 0.05) is 5.02 Å². The minimum absolute atomic E-state index is 0.443. The Morgan fingerprint density at radius 2 is 1.92 bits per heavy atom. The third-order valence-corrected chi connectivity index (χ3v) is 1.42. The van der Waals surface area contributed by atoms with Crippen molar-refractivity contribution >= 4 is 17.6 Å². The Morgan fingerprint density at radius 1 is 1.33 bits per heavy atom. The zero-order valence-electron chi connectivity index (χ0n) is 6.12. The lowest BCUT2D eigenvalue weighted by molar-refractivity contribution is -0.145. The first kappa shape index (κ1) is 8.87. The third-order valence-electron chi connectivity index (χ3n) is 1.17. The van der Waals surface area contributed by atoms with Gasteiger partial charge in [0.15, 0.2) is 6.61 Å². The van der Waals surface area contributed by atoms with Crippen molar-refractivity contribution in [3.63, 3.8) is 0 Å². The lowest BCUT2D eigenvalue weighted by Crippen LogP contribution is -2.07. The lowest BCUT2D eigenvalue weighted by atomic mass is 10.3. The molecule has 1 rings (SSSR count). The van der Waals surface area contributed by atoms with Crippen LogP contribution in [0, 0.1) is 0 Å². The summed E-state index contributed by atoms with van der Waals surface area (Å²) in [5, 5.41) is 10.6. The van der Waals surface area contributed by atoms with Gasteiger partial charge in [0.25, 0.3) is 0 Å². The largest absolute Gasteiger partial charge is 0.482 e. The molecule has 0 unspecified atom stereocenters. The Hall–Kier alpha value is -1.22. The molecule has 0 heterocycles. The van der Waals surface area contributed by atoms with Crippen LogP contribution in [0.5, 0.6) is 5.75 Å². The smallest absolute Gasteiger partial charge is 0.392 e. The molecule has 12 heavy (non-hydrogen) atoms. The summed E-state index contributed by atoms with van der Waals surface area (Å²) < 4.78 is 4.80. The van der Waals surface area contributed by atoms with E-state index in [1.807, 2.05) is 0 Å². The molecule has 0 aromatic heterocycles. The molecular formula is C8H6ClO3. The first-order valence-electron chi connectivity index (χ1n) is 3.26. The molecule has 0 N–H and O–H groups in total. The van der Waals surface area contributed by atoms with Crippen LogP contribution in [0.1, 0.15) is 0 Å². The van der Waals surface area contributed by atoms with E-state index in [4.69, 9.17) is 16.3 Å². The van der Waals surface area contributed by atoms with E-state index in [0.717, 1.165) is 0 Å². The van der Waals surface area contributed by atoms with E-state index in [2.05, 4.69) is 0 Å². The van der Waals surface area contributed by atoms with Gasteiger partial charge in [-0.1, -0.05) is 11.6 Å². The molecule has 0 fully saturated rings. The Balaban J connectivity index is 2.53. The van der Waals surface area contributed by atoms with Crippen LogP contribution in [0.25, 0.3) is 0 Å². The minimum atomic E-state index is -1.25. The van der Waals surface area contributed by atoms with Gasteiger partial charge in [0.2, 0.25) is 0 Å². The Kier molecular flexibility index (Phi) is 2.94. The molecule has 1 aromatic carbocycles. The Labute approximate surface area is 74.5 Å². The summed E-state index contributed by atoms with van der Waals surface area (Å²) >= 11 is 5.59. The van der Waals surface area contributed by atoms with Crippen LogP contribution in [0.15, 0.2) is 24.3 Å². The Morgan fingerprint density at radius 3 is 2.42 bits per heavy atom. The van der Waals surface area contributed by atoms with Gasteiger partial charge in [0.1, 0.15) is 5.75 Å². The maximum Gasteiger partial charge on any atom is 0.392 e. The van der Waals surface area contributed by atoms with E-state index in [1.165, 1.54) is 0 Å². The topological polar surface area (TPSA) is 46.2 Å². The zero-order chi connectivity index (χ0) is 8.97. The molecule has 0 aliphatic heterocycles. The van der Waals surface area contributed by atoms with Gasteiger partial charge in [-0.3, -0.25) is 0 Å². The van der Waals surface area contributed by atoms with E-state index in [-0.39, 0.29) is 0 Å². The van der Waals surface area contributed by atoms with Crippen LogP contribution in [0.4, 0.5) is 0 Å². The fourth-order valence-electron chi connectivity index (χ4n) is 0.673. The maximum atomic E-state index is 9.98. The molecule has 0 aliphatic carbocycles. The standard InChI is InChI=1S/C8H6ClO3/c9-6-1-3-7(4-2-6)12-5-8(10)11/h1-4H,5H2. The third kappa shape index (κ3) is 2.80. The van der Waals surface area contributed by atoms with E-state index in [9.17, 15) is 9.90 Å². The van der Waals surface area contributed by atoms with Crippen molar-refractivity contribution in [3.8, 4) is 5.75 Å². The van der Waals surface area contributed by atoms with E-state index >= 15 is 0 Å². The number of hydrogen-bond donors (Lipinski definition) is 0. The van der Waals surface area contributed by atoms with Crippen molar-refractivity contribution in [2.24, 2.45) is 0 Å². The minimum Gasteiger partial charge on any atom is -0.482 e. The molecule has 0 saturated heterocycles. The van der Waals surface area contributed by atoms with E-state index in [1.54, 1.807) is 24.3 Å². The second-order valence-electron chi connectivity index (χ2n) is 2.11. The molecule has 0 saturated carbocycles. The van der Waals surface area contributed by atoms with Gasteiger partial charge in [-0.05, 0) is 24.3 Å². The molecule has 0 aliphatic rings.